The zero-order valence-corrected chi connectivity index (χ0v) is 19.6. The van der Waals surface area contributed by atoms with Crippen LogP contribution < -0.4 is 20.8 Å². The molecule has 3 aliphatic rings. The first kappa shape index (κ1) is 23.0. The Morgan fingerprint density at radius 1 is 1.00 bits per heavy atom. The van der Waals surface area contributed by atoms with E-state index in [9.17, 15) is 18.8 Å². The van der Waals surface area contributed by atoms with Gasteiger partial charge in [-0.1, -0.05) is 34.8 Å². The Kier molecular flexibility index (Phi) is 5.50. The SMILES string of the molecule is O=C(COc1ccc(Cl)c(F)c1)NC12CC(NC(=O)c3cc(=O)c4cc(Cl)cc(Cl)c4o3)(C1)C2. The predicted molar refractivity (Wildman–Crippen MR) is 124 cm³/mol. The molecule has 0 aliphatic heterocycles. The highest BCUT2D eigenvalue weighted by Crippen LogP contribution is 2.60. The fraction of sp³-hybridized carbons (Fsp3) is 0.261. The summed E-state index contributed by atoms with van der Waals surface area (Å²) in [6, 6.07) is 7.88. The van der Waals surface area contributed by atoms with Gasteiger partial charge in [-0.05, 0) is 43.5 Å². The van der Waals surface area contributed by atoms with Gasteiger partial charge in [0, 0.05) is 28.2 Å². The number of rotatable bonds is 6. The number of carbonyl (C=O) groups excluding carboxylic acids is 2. The first-order valence-electron chi connectivity index (χ1n) is 10.2. The molecule has 1 heterocycles. The van der Waals surface area contributed by atoms with Gasteiger partial charge in [-0.3, -0.25) is 14.4 Å². The highest BCUT2D eigenvalue weighted by Gasteiger charge is 2.69. The number of hydrogen-bond donors (Lipinski definition) is 2. The van der Waals surface area contributed by atoms with E-state index in [0.717, 1.165) is 12.1 Å². The quantitative estimate of drug-likeness (QED) is 0.494. The molecule has 2 bridgehead atoms. The van der Waals surface area contributed by atoms with Crippen LogP contribution in [0.2, 0.25) is 15.1 Å². The summed E-state index contributed by atoms with van der Waals surface area (Å²) in [6.45, 7) is -0.283. The molecule has 2 aromatic carbocycles. The fourth-order valence-corrected chi connectivity index (χ4v) is 5.35. The average molecular weight is 526 g/mol. The summed E-state index contributed by atoms with van der Waals surface area (Å²) in [4.78, 5) is 37.4. The lowest BCUT2D eigenvalue weighted by molar-refractivity contribution is -0.141. The summed E-state index contributed by atoms with van der Waals surface area (Å²) < 4.78 is 24.3. The average Bonchev–Trinajstić information content (AvgIpc) is 2.72. The minimum Gasteiger partial charge on any atom is -0.484 e. The number of nitrogens with one attached hydrogen (secondary N) is 2. The summed E-state index contributed by atoms with van der Waals surface area (Å²) in [5.41, 5.74) is -1.26. The first-order valence-corrected chi connectivity index (χ1v) is 11.3. The molecular weight excluding hydrogens is 510 g/mol. The molecule has 0 unspecified atom stereocenters. The van der Waals surface area contributed by atoms with Crippen LogP contribution in [0.15, 0.2) is 45.6 Å². The van der Waals surface area contributed by atoms with Gasteiger partial charge in [0.15, 0.2) is 23.4 Å². The minimum atomic E-state index is -0.634. The van der Waals surface area contributed by atoms with E-state index >= 15 is 0 Å². The van der Waals surface area contributed by atoms with Crippen LogP contribution in [0.1, 0.15) is 29.8 Å². The molecule has 3 fully saturated rings. The van der Waals surface area contributed by atoms with E-state index in [1.807, 2.05) is 0 Å². The molecule has 0 radical (unpaired) electrons. The van der Waals surface area contributed by atoms with Crippen molar-refractivity contribution in [2.45, 2.75) is 30.3 Å². The predicted octanol–water partition coefficient (Wildman–Crippen LogP) is 4.49. The summed E-state index contributed by atoms with van der Waals surface area (Å²) in [7, 11) is 0. The van der Waals surface area contributed by atoms with Crippen LogP contribution in [-0.2, 0) is 4.79 Å². The van der Waals surface area contributed by atoms with Gasteiger partial charge in [-0.2, -0.15) is 0 Å². The van der Waals surface area contributed by atoms with Crippen LogP contribution in [-0.4, -0.2) is 29.5 Å². The Balaban J connectivity index is 1.17. The maximum Gasteiger partial charge on any atom is 0.287 e. The van der Waals surface area contributed by atoms with Crippen LogP contribution in [0.4, 0.5) is 4.39 Å². The van der Waals surface area contributed by atoms with E-state index in [1.54, 1.807) is 0 Å². The lowest BCUT2D eigenvalue weighted by Crippen LogP contribution is -2.84. The van der Waals surface area contributed by atoms with Crippen molar-refractivity contribution in [3.05, 3.63) is 73.3 Å². The Morgan fingerprint density at radius 3 is 2.41 bits per heavy atom. The van der Waals surface area contributed by atoms with Crippen LogP contribution in [0.3, 0.4) is 0 Å². The second-order valence-corrected chi connectivity index (χ2v) is 9.95. The van der Waals surface area contributed by atoms with Crippen molar-refractivity contribution in [2.75, 3.05) is 6.61 Å². The van der Waals surface area contributed by atoms with Gasteiger partial charge in [0.25, 0.3) is 11.8 Å². The molecule has 3 saturated carbocycles. The monoisotopic (exact) mass is 524 g/mol. The second kappa shape index (κ2) is 8.15. The lowest BCUT2D eigenvalue weighted by Gasteiger charge is -2.70. The molecular formula is C23H16Cl3FN2O5. The van der Waals surface area contributed by atoms with E-state index in [4.69, 9.17) is 44.0 Å². The fourth-order valence-electron chi connectivity index (χ4n) is 4.70. The molecule has 1 aromatic heterocycles. The normalized spacial score (nSPS) is 22.5. The number of hydrogen-bond acceptors (Lipinski definition) is 5. The van der Waals surface area contributed by atoms with E-state index in [1.165, 1.54) is 24.3 Å². The van der Waals surface area contributed by atoms with Crippen LogP contribution in [0.5, 0.6) is 5.75 Å². The number of carbonyl (C=O) groups is 2. The summed E-state index contributed by atoms with van der Waals surface area (Å²) in [5.74, 6) is -1.50. The van der Waals surface area contributed by atoms with Gasteiger partial charge in [-0.15, -0.1) is 0 Å². The third kappa shape index (κ3) is 4.10. The number of benzene rings is 2. The largest absolute Gasteiger partial charge is 0.484 e. The molecule has 3 aromatic rings. The van der Waals surface area contributed by atoms with Crippen molar-refractivity contribution in [1.29, 1.82) is 0 Å². The van der Waals surface area contributed by atoms with Gasteiger partial charge in [0.2, 0.25) is 0 Å². The van der Waals surface area contributed by atoms with E-state index in [0.29, 0.717) is 19.3 Å². The topological polar surface area (TPSA) is 97.6 Å². The van der Waals surface area contributed by atoms with Gasteiger partial charge < -0.3 is 19.8 Å². The number of fused-ring (bicyclic) bond motifs is 1. The molecule has 7 nitrogen and oxygen atoms in total. The van der Waals surface area contributed by atoms with Crippen molar-refractivity contribution in [3.8, 4) is 5.75 Å². The van der Waals surface area contributed by atoms with Crippen LogP contribution >= 0.6 is 34.8 Å². The molecule has 2 N–H and O–H groups in total. The van der Waals surface area contributed by atoms with Gasteiger partial charge in [0.05, 0.1) is 15.4 Å². The van der Waals surface area contributed by atoms with E-state index in [-0.39, 0.29) is 50.1 Å². The van der Waals surface area contributed by atoms with Gasteiger partial charge in [0.1, 0.15) is 11.6 Å². The first-order chi connectivity index (χ1) is 16.1. The van der Waals surface area contributed by atoms with Gasteiger partial charge >= 0.3 is 0 Å². The van der Waals surface area contributed by atoms with Crippen molar-refractivity contribution in [2.24, 2.45) is 0 Å². The highest BCUT2D eigenvalue weighted by molar-refractivity contribution is 6.38. The Bertz CT molecular complexity index is 1400. The third-order valence-corrected chi connectivity index (χ3v) is 6.85. The van der Waals surface area contributed by atoms with Crippen molar-refractivity contribution in [1.82, 2.24) is 10.6 Å². The molecule has 0 saturated heterocycles. The third-order valence-electron chi connectivity index (χ3n) is 6.05. The van der Waals surface area contributed by atoms with Crippen molar-refractivity contribution < 1.29 is 23.1 Å². The minimum absolute atomic E-state index is 0.0338. The number of ether oxygens (including phenoxy) is 1. The molecule has 2 amide bonds. The molecule has 3 aliphatic carbocycles. The zero-order valence-electron chi connectivity index (χ0n) is 17.3. The standard InChI is InChI=1S/C23H16Cl3FN2O5/c24-11-3-13-17(30)6-18(34-20(13)15(26)4-11)21(32)29-23-8-22(9-23,10-23)28-19(31)7-33-12-1-2-14(25)16(27)5-12/h1-6H,7-10H2,(H,28,31)(H,29,32). The summed E-state index contributed by atoms with van der Waals surface area (Å²) >= 11 is 17.7. The summed E-state index contributed by atoms with van der Waals surface area (Å²) in [5, 5.41) is 6.35. The molecule has 176 valence electrons. The molecule has 6 rings (SSSR count). The van der Waals surface area contributed by atoms with E-state index < -0.39 is 28.2 Å². The van der Waals surface area contributed by atoms with Crippen LogP contribution in [0.25, 0.3) is 11.0 Å². The Labute approximate surface area is 207 Å². The second-order valence-electron chi connectivity index (χ2n) is 8.70. The summed E-state index contributed by atoms with van der Waals surface area (Å²) in [6.07, 6.45) is 1.59. The Morgan fingerprint density at radius 2 is 1.71 bits per heavy atom. The van der Waals surface area contributed by atoms with Crippen molar-refractivity contribution >= 4 is 57.6 Å². The number of halogens is 4. The maximum absolute atomic E-state index is 13.5. The maximum atomic E-state index is 13.5. The van der Waals surface area contributed by atoms with Crippen molar-refractivity contribution in [3.63, 3.8) is 0 Å². The lowest BCUT2D eigenvalue weighted by atomic mass is 9.44. The zero-order chi connectivity index (χ0) is 24.3. The van der Waals surface area contributed by atoms with Crippen LogP contribution in [0, 0.1) is 5.82 Å². The smallest absolute Gasteiger partial charge is 0.287 e. The molecule has 34 heavy (non-hydrogen) atoms. The van der Waals surface area contributed by atoms with E-state index in [2.05, 4.69) is 10.6 Å². The molecule has 0 spiro atoms. The Hall–Kier alpha value is -2.81. The highest BCUT2D eigenvalue weighted by atomic mass is 35.5. The number of amides is 2. The molecule has 0 atom stereocenters. The van der Waals surface area contributed by atoms with Gasteiger partial charge in [-0.25, -0.2) is 4.39 Å². The molecule has 11 heteroatoms.